The van der Waals surface area contributed by atoms with E-state index in [1.165, 1.54) is 6.42 Å². The van der Waals surface area contributed by atoms with E-state index < -0.39 is 0 Å². The van der Waals surface area contributed by atoms with Gasteiger partial charge >= 0.3 is 0 Å². The van der Waals surface area contributed by atoms with Crippen LogP contribution in [0.5, 0.6) is 5.75 Å². The lowest BCUT2D eigenvalue weighted by atomic mass is 10.1. The van der Waals surface area contributed by atoms with Gasteiger partial charge in [-0.1, -0.05) is 0 Å². The Kier molecular flexibility index (Phi) is 5.03. The van der Waals surface area contributed by atoms with E-state index in [0.29, 0.717) is 23.1 Å². The molecule has 3 rings (SSSR count). The van der Waals surface area contributed by atoms with Crippen molar-refractivity contribution in [2.45, 2.75) is 18.9 Å². The Morgan fingerprint density at radius 2 is 2.13 bits per heavy atom. The lowest BCUT2D eigenvalue weighted by molar-refractivity contribution is 0.0432. The van der Waals surface area contributed by atoms with Gasteiger partial charge in [0.1, 0.15) is 5.75 Å². The summed E-state index contributed by atoms with van der Waals surface area (Å²) in [4.78, 5) is 16.9. The largest absolute Gasteiger partial charge is 0.495 e. The molecule has 0 radical (unpaired) electrons. The maximum atomic E-state index is 12.6. The molecule has 2 aliphatic heterocycles. The van der Waals surface area contributed by atoms with Crippen LogP contribution in [0, 0.1) is 0 Å². The number of carbonyl (C=O) groups excluding carboxylic acids is 1. The quantitative estimate of drug-likeness (QED) is 0.845. The van der Waals surface area contributed by atoms with Gasteiger partial charge in [0, 0.05) is 44.9 Å². The van der Waals surface area contributed by atoms with Crippen LogP contribution in [-0.4, -0.2) is 68.3 Å². The molecule has 1 aromatic rings. The Hall–Kier alpha value is -1.79. The van der Waals surface area contributed by atoms with E-state index in [1.807, 2.05) is 4.90 Å². The smallest absolute Gasteiger partial charge is 0.254 e. The van der Waals surface area contributed by atoms with Crippen molar-refractivity contribution in [3.8, 4) is 5.75 Å². The van der Waals surface area contributed by atoms with Crippen LogP contribution in [0.4, 0.5) is 5.69 Å². The summed E-state index contributed by atoms with van der Waals surface area (Å²) in [5, 5.41) is 0. The highest BCUT2D eigenvalue weighted by atomic mass is 16.5. The Balaban J connectivity index is 1.55. The summed E-state index contributed by atoms with van der Waals surface area (Å²) in [6.07, 6.45) is 2.70. The molecule has 6 nitrogen and oxygen atoms in total. The number of amides is 1. The van der Waals surface area contributed by atoms with E-state index in [9.17, 15) is 4.79 Å². The van der Waals surface area contributed by atoms with Crippen LogP contribution in [0.1, 0.15) is 23.2 Å². The predicted molar refractivity (Wildman–Crippen MR) is 88.7 cm³/mol. The molecule has 1 unspecified atom stereocenters. The SMILES string of the molecule is COc1cc(C(=O)N2CCN(CC3CCCO3)CC2)ccc1N. The predicted octanol–water partition coefficient (Wildman–Crippen LogP) is 1.21. The van der Waals surface area contributed by atoms with Gasteiger partial charge in [-0.15, -0.1) is 0 Å². The van der Waals surface area contributed by atoms with Gasteiger partial charge in [0.25, 0.3) is 5.91 Å². The fraction of sp³-hybridized carbons (Fsp3) is 0.588. The topological polar surface area (TPSA) is 68.0 Å². The highest BCUT2D eigenvalue weighted by Gasteiger charge is 2.25. The third-order valence-electron chi connectivity index (χ3n) is 4.63. The average Bonchev–Trinajstić information content (AvgIpc) is 3.08. The Bertz CT molecular complexity index is 550. The number of carbonyl (C=O) groups is 1. The van der Waals surface area contributed by atoms with Crippen LogP contribution >= 0.6 is 0 Å². The number of rotatable bonds is 4. The van der Waals surface area contributed by atoms with Gasteiger partial charge in [0.05, 0.1) is 18.9 Å². The molecule has 0 saturated carbocycles. The highest BCUT2D eigenvalue weighted by molar-refractivity contribution is 5.95. The molecule has 1 aromatic carbocycles. The summed E-state index contributed by atoms with van der Waals surface area (Å²) in [5.41, 5.74) is 6.98. The Morgan fingerprint density at radius 1 is 1.35 bits per heavy atom. The van der Waals surface area contributed by atoms with Crippen LogP contribution in [0.15, 0.2) is 18.2 Å². The molecule has 2 fully saturated rings. The number of piperazine rings is 1. The van der Waals surface area contributed by atoms with Gasteiger partial charge in [0.15, 0.2) is 0 Å². The second kappa shape index (κ2) is 7.19. The van der Waals surface area contributed by atoms with Crippen molar-refractivity contribution in [3.63, 3.8) is 0 Å². The van der Waals surface area contributed by atoms with Crippen molar-refractivity contribution >= 4 is 11.6 Å². The van der Waals surface area contributed by atoms with Gasteiger partial charge in [-0.3, -0.25) is 9.69 Å². The second-order valence-corrected chi connectivity index (χ2v) is 6.18. The van der Waals surface area contributed by atoms with Crippen LogP contribution in [0.2, 0.25) is 0 Å². The minimum atomic E-state index is 0.0417. The van der Waals surface area contributed by atoms with Gasteiger partial charge in [-0.05, 0) is 31.0 Å². The summed E-state index contributed by atoms with van der Waals surface area (Å²) in [6, 6.07) is 5.20. The number of ether oxygens (including phenoxy) is 2. The molecule has 0 bridgehead atoms. The number of hydrogen-bond donors (Lipinski definition) is 1. The molecule has 0 aromatic heterocycles. The Morgan fingerprint density at radius 3 is 2.78 bits per heavy atom. The summed E-state index contributed by atoms with van der Waals surface area (Å²) >= 11 is 0. The minimum absolute atomic E-state index is 0.0417. The zero-order valence-corrected chi connectivity index (χ0v) is 13.7. The molecule has 0 spiro atoms. The first kappa shape index (κ1) is 16.1. The first-order valence-electron chi connectivity index (χ1n) is 8.24. The van der Waals surface area contributed by atoms with E-state index in [1.54, 1.807) is 25.3 Å². The summed E-state index contributed by atoms with van der Waals surface area (Å²) in [7, 11) is 1.56. The third kappa shape index (κ3) is 3.76. The molecule has 2 aliphatic rings. The summed E-state index contributed by atoms with van der Waals surface area (Å²) < 4.78 is 10.9. The monoisotopic (exact) mass is 319 g/mol. The first-order valence-corrected chi connectivity index (χ1v) is 8.24. The zero-order valence-electron chi connectivity index (χ0n) is 13.7. The molecule has 0 aliphatic carbocycles. The number of nitrogen functional groups attached to an aromatic ring is 1. The number of hydrogen-bond acceptors (Lipinski definition) is 5. The van der Waals surface area contributed by atoms with E-state index >= 15 is 0 Å². The molecule has 2 N–H and O–H groups in total. The normalized spacial score (nSPS) is 22.3. The first-order chi connectivity index (χ1) is 11.2. The maximum Gasteiger partial charge on any atom is 0.254 e. The fourth-order valence-electron chi connectivity index (χ4n) is 3.24. The fourth-order valence-corrected chi connectivity index (χ4v) is 3.24. The molecular formula is C17H25N3O3. The van der Waals surface area contributed by atoms with Crippen molar-refractivity contribution in [3.05, 3.63) is 23.8 Å². The summed E-state index contributed by atoms with van der Waals surface area (Å²) in [6.45, 7) is 5.17. The van der Waals surface area contributed by atoms with Gasteiger partial charge in [-0.2, -0.15) is 0 Å². The van der Waals surface area contributed by atoms with E-state index in [2.05, 4.69) is 4.90 Å². The van der Waals surface area contributed by atoms with E-state index in [-0.39, 0.29) is 5.91 Å². The summed E-state index contributed by atoms with van der Waals surface area (Å²) in [5.74, 6) is 0.591. The Labute approximate surface area is 137 Å². The van der Waals surface area contributed by atoms with Crippen LogP contribution in [-0.2, 0) is 4.74 Å². The average molecular weight is 319 g/mol. The number of nitrogens with zero attached hydrogens (tertiary/aromatic N) is 2. The zero-order chi connectivity index (χ0) is 16.2. The maximum absolute atomic E-state index is 12.6. The number of methoxy groups -OCH3 is 1. The highest BCUT2D eigenvalue weighted by Crippen LogP contribution is 2.23. The van der Waals surface area contributed by atoms with E-state index in [4.69, 9.17) is 15.2 Å². The van der Waals surface area contributed by atoms with Crippen LogP contribution < -0.4 is 10.5 Å². The van der Waals surface area contributed by atoms with Crippen molar-refractivity contribution in [2.75, 3.05) is 52.2 Å². The minimum Gasteiger partial charge on any atom is -0.495 e. The van der Waals surface area contributed by atoms with Crippen molar-refractivity contribution in [1.29, 1.82) is 0 Å². The number of nitrogens with two attached hydrogens (primary N) is 1. The molecule has 2 heterocycles. The van der Waals surface area contributed by atoms with Crippen LogP contribution in [0.25, 0.3) is 0 Å². The number of benzene rings is 1. The number of anilines is 1. The lowest BCUT2D eigenvalue weighted by Gasteiger charge is -2.35. The van der Waals surface area contributed by atoms with Crippen molar-refractivity contribution in [1.82, 2.24) is 9.80 Å². The molecule has 126 valence electrons. The standard InChI is InChI=1S/C17H25N3O3/c1-22-16-11-13(4-5-15(16)18)17(21)20-8-6-19(7-9-20)12-14-3-2-10-23-14/h4-5,11,14H,2-3,6-10,12,18H2,1H3. The van der Waals surface area contributed by atoms with Gasteiger partial charge in [0.2, 0.25) is 0 Å². The second-order valence-electron chi connectivity index (χ2n) is 6.18. The molecule has 1 atom stereocenters. The molecule has 23 heavy (non-hydrogen) atoms. The van der Waals surface area contributed by atoms with Crippen LogP contribution in [0.3, 0.4) is 0 Å². The van der Waals surface area contributed by atoms with Crippen molar-refractivity contribution < 1.29 is 14.3 Å². The third-order valence-corrected chi connectivity index (χ3v) is 4.63. The molecule has 2 saturated heterocycles. The van der Waals surface area contributed by atoms with E-state index in [0.717, 1.165) is 45.8 Å². The van der Waals surface area contributed by atoms with Gasteiger partial charge < -0.3 is 20.1 Å². The molecular weight excluding hydrogens is 294 g/mol. The van der Waals surface area contributed by atoms with Crippen molar-refractivity contribution in [2.24, 2.45) is 0 Å². The molecule has 1 amide bonds. The lowest BCUT2D eigenvalue weighted by Crippen LogP contribution is -2.50. The molecule has 6 heteroatoms. The van der Waals surface area contributed by atoms with Gasteiger partial charge in [-0.25, -0.2) is 0 Å².